The Kier molecular flexibility index (Phi) is 6.23. The zero-order chi connectivity index (χ0) is 22.9. The van der Waals surface area contributed by atoms with Crippen LogP contribution in [-0.4, -0.2) is 47.1 Å². The lowest BCUT2D eigenvalue weighted by Crippen LogP contribution is -2.50. The second-order valence-corrected chi connectivity index (χ2v) is 10.6. The number of carbonyl (C=O) groups excluding carboxylic acids is 1. The van der Waals surface area contributed by atoms with Gasteiger partial charge >= 0.3 is 6.03 Å². The lowest BCUT2D eigenvalue weighted by Gasteiger charge is -2.36. The Morgan fingerprint density at radius 3 is 2.64 bits per heavy atom. The molecule has 1 saturated heterocycles. The third kappa shape index (κ3) is 4.56. The number of aromatic nitrogens is 2. The van der Waals surface area contributed by atoms with Gasteiger partial charge in [0.25, 0.3) is 0 Å². The SMILES string of the molecule is CCCc1nc(N2CCN(C(=O)Nc3ccc(C)cc3)CC2)c2c3c(sc2n1)C[C@@H](C)CC3. The number of piperazine rings is 1. The van der Waals surface area contributed by atoms with E-state index in [0.717, 1.165) is 66.9 Å². The number of hydrogen-bond donors (Lipinski definition) is 1. The van der Waals surface area contributed by atoms with Gasteiger partial charge in [0, 0.05) is 43.2 Å². The monoisotopic (exact) mass is 463 g/mol. The summed E-state index contributed by atoms with van der Waals surface area (Å²) in [6.07, 6.45) is 5.47. The van der Waals surface area contributed by atoms with E-state index < -0.39 is 0 Å². The molecule has 0 bridgehead atoms. The quantitative estimate of drug-likeness (QED) is 0.560. The molecule has 0 saturated carbocycles. The molecule has 2 aromatic heterocycles. The Morgan fingerprint density at radius 1 is 1.15 bits per heavy atom. The zero-order valence-corrected chi connectivity index (χ0v) is 20.7. The number of nitrogens with zero attached hydrogens (tertiary/aromatic N) is 4. The first-order chi connectivity index (χ1) is 16.0. The molecule has 174 valence electrons. The van der Waals surface area contributed by atoms with Crippen LogP contribution in [0.25, 0.3) is 10.2 Å². The molecule has 1 aromatic carbocycles. The van der Waals surface area contributed by atoms with Crippen molar-refractivity contribution in [3.05, 3.63) is 46.1 Å². The maximum absolute atomic E-state index is 12.8. The molecule has 0 spiro atoms. The lowest BCUT2D eigenvalue weighted by molar-refractivity contribution is 0.208. The van der Waals surface area contributed by atoms with Crippen LogP contribution in [0.5, 0.6) is 0 Å². The minimum atomic E-state index is -0.0279. The number of benzene rings is 1. The van der Waals surface area contributed by atoms with Crippen LogP contribution >= 0.6 is 11.3 Å². The summed E-state index contributed by atoms with van der Waals surface area (Å²) < 4.78 is 0. The van der Waals surface area contributed by atoms with Crippen LogP contribution in [0, 0.1) is 12.8 Å². The molecule has 33 heavy (non-hydrogen) atoms. The number of hydrogen-bond acceptors (Lipinski definition) is 5. The summed E-state index contributed by atoms with van der Waals surface area (Å²) >= 11 is 1.88. The fourth-order valence-electron chi connectivity index (χ4n) is 4.89. The summed E-state index contributed by atoms with van der Waals surface area (Å²) in [6, 6.07) is 7.92. The number of aryl methyl sites for hydroxylation is 3. The summed E-state index contributed by atoms with van der Waals surface area (Å²) in [5, 5.41) is 4.31. The predicted octanol–water partition coefficient (Wildman–Crippen LogP) is 5.43. The first-order valence-corrected chi connectivity index (χ1v) is 13.0. The number of amides is 2. The van der Waals surface area contributed by atoms with Crippen LogP contribution < -0.4 is 10.2 Å². The van der Waals surface area contributed by atoms with E-state index >= 15 is 0 Å². The number of thiophene rings is 1. The van der Waals surface area contributed by atoms with Crippen LogP contribution in [0.2, 0.25) is 0 Å². The Morgan fingerprint density at radius 2 is 1.91 bits per heavy atom. The third-order valence-electron chi connectivity index (χ3n) is 6.83. The van der Waals surface area contributed by atoms with Gasteiger partial charge in [-0.05, 0) is 56.2 Å². The highest BCUT2D eigenvalue weighted by Crippen LogP contribution is 2.41. The summed E-state index contributed by atoms with van der Waals surface area (Å²) in [4.78, 5) is 29.8. The van der Waals surface area contributed by atoms with Gasteiger partial charge in [-0.15, -0.1) is 11.3 Å². The fourth-order valence-corrected chi connectivity index (χ4v) is 6.29. The Labute approximate surface area is 200 Å². The smallest absolute Gasteiger partial charge is 0.321 e. The highest BCUT2D eigenvalue weighted by molar-refractivity contribution is 7.19. The largest absolute Gasteiger partial charge is 0.352 e. The molecule has 1 aliphatic carbocycles. The number of anilines is 2. The molecule has 1 fully saturated rings. The molecule has 1 aliphatic heterocycles. The molecule has 1 N–H and O–H groups in total. The molecule has 3 heterocycles. The summed E-state index contributed by atoms with van der Waals surface area (Å²) in [5.41, 5.74) is 3.50. The standard InChI is InChI=1S/C26H33N5OS/c1-4-5-22-28-24(23-20-11-8-18(3)16-21(20)33-25(23)29-22)30-12-14-31(15-13-30)26(32)27-19-9-6-17(2)7-10-19/h6-7,9-10,18H,4-5,8,11-16H2,1-3H3,(H,27,32)/t18-/m0/s1. The predicted molar refractivity (Wildman–Crippen MR) is 137 cm³/mol. The molecule has 3 aromatic rings. The van der Waals surface area contributed by atoms with Crippen molar-refractivity contribution in [3.8, 4) is 0 Å². The zero-order valence-electron chi connectivity index (χ0n) is 19.9. The van der Waals surface area contributed by atoms with Gasteiger partial charge in [-0.2, -0.15) is 0 Å². The van der Waals surface area contributed by atoms with Crippen LogP contribution in [-0.2, 0) is 19.3 Å². The second kappa shape index (κ2) is 9.29. The van der Waals surface area contributed by atoms with Crippen molar-refractivity contribution in [2.75, 3.05) is 36.4 Å². The molecule has 1 atom stereocenters. The van der Waals surface area contributed by atoms with Crippen molar-refractivity contribution < 1.29 is 4.79 Å². The number of urea groups is 1. The Balaban J connectivity index is 1.36. The van der Waals surface area contributed by atoms with Gasteiger partial charge in [-0.25, -0.2) is 14.8 Å². The Bertz CT molecular complexity index is 1150. The van der Waals surface area contributed by atoms with Crippen molar-refractivity contribution in [1.82, 2.24) is 14.9 Å². The van der Waals surface area contributed by atoms with Gasteiger partial charge in [0.2, 0.25) is 0 Å². The van der Waals surface area contributed by atoms with Gasteiger partial charge in [-0.3, -0.25) is 0 Å². The van der Waals surface area contributed by atoms with Gasteiger partial charge in [0.05, 0.1) is 5.39 Å². The van der Waals surface area contributed by atoms with E-state index in [1.807, 2.05) is 47.4 Å². The molecule has 7 heteroatoms. The van der Waals surface area contributed by atoms with E-state index in [2.05, 4.69) is 24.1 Å². The van der Waals surface area contributed by atoms with Crippen LogP contribution in [0.1, 0.15) is 48.5 Å². The highest BCUT2D eigenvalue weighted by atomic mass is 32.1. The van der Waals surface area contributed by atoms with Crippen LogP contribution in [0.3, 0.4) is 0 Å². The maximum Gasteiger partial charge on any atom is 0.321 e. The van der Waals surface area contributed by atoms with E-state index in [4.69, 9.17) is 9.97 Å². The third-order valence-corrected chi connectivity index (χ3v) is 7.97. The van der Waals surface area contributed by atoms with Crippen molar-refractivity contribution in [2.24, 2.45) is 5.92 Å². The molecule has 0 radical (unpaired) electrons. The normalized spacial score (nSPS) is 18.5. The van der Waals surface area contributed by atoms with E-state index in [9.17, 15) is 4.79 Å². The van der Waals surface area contributed by atoms with Crippen LogP contribution in [0.4, 0.5) is 16.3 Å². The average Bonchev–Trinajstić information content (AvgIpc) is 3.17. The van der Waals surface area contributed by atoms with Crippen LogP contribution in [0.15, 0.2) is 24.3 Å². The fraction of sp³-hybridized carbons (Fsp3) is 0.500. The van der Waals surface area contributed by atoms with Gasteiger partial charge in [0.1, 0.15) is 16.5 Å². The van der Waals surface area contributed by atoms with E-state index in [0.29, 0.717) is 13.1 Å². The lowest BCUT2D eigenvalue weighted by atomic mass is 9.89. The number of nitrogens with one attached hydrogen (secondary N) is 1. The summed E-state index contributed by atoms with van der Waals surface area (Å²) in [5.74, 6) is 2.79. The summed E-state index contributed by atoms with van der Waals surface area (Å²) in [6.45, 7) is 9.54. The minimum Gasteiger partial charge on any atom is -0.352 e. The average molecular weight is 464 g/mol. The second-order valence-electron chi connectivity index (χ2n) is 9.52. The van der Waals surface area contributed by atoms with Gasteiger partial charge < -0.3 is 15.1 Å². The van der Waals surface area contributed by atoms with E-state index in [-0.39, 0.29) is 6.03 Å². The molecular formula is C26H33N5OS. The maximum atomic E-state index is 12.8. The van der Waals surface area contributed by atoms with Gasteiger partial charge in [0.15, 0.2) is 0 Å². The first kappa shape index (κ1) is 22.1. The number of carbonyl (C=O) groups is 1. The van der Waals surface area contributed by atoms with Gasteiger partial charge in [-0.1, -0.05) is 31.5 Å². The highest BCUT2D eigenvalue weighted by Gasteiger charge is 2.28. The molecular weight excluding hydrogens is 430 g/mol. The van der Waals surface area contributed by atoms with Crippen molar-refractivity contribution in [3.63, 3.8) is 0 Å². The van der Waals surface area contributed by atoms with Crippen molar-refractivity contribution in [1.29, 1.82) is 0 Å². The molecule has 2 amide bonds. The molecule has 6 nitrogen and oxygen atoms in total. The summed E-state index contributed by atoms with van der Waals surface area (Å²) in [7, 11) is 0. The van der Waals surface area contributed by atoms with E-state index in [1.165, 1.54) is 27.8 Å². The molecule has 2 aliphatic rings. The number of fused-ring (bicyclic) bond motifs is 3. The van der Waals surface area contributed by atoms with Crippen molar-refractivity contribution >= 4 is 39.1 Å². The van der Waals surface area contributed by atoms with E-state index in [1.54, 1.807) is 0 Å². The topological polar surface area (TPSA) is 61.4 Å². The van der Waals surface area contributed by atoms with Crippen molar-refractivity contribution in [2.45, 2.75) is 52.9 Å². The Hall–Kier alpha value is -2.67. The molecule has 5 rings (SSSR count). The number of rotatable bonds is 4. The first-order valence-electron chi connectivity index (χ1n) is 12.2. The molecule has 0 unspecified atom stereocenters. The minimum absolute atomic E-state index is 0.0279.